The van der Waals surface area contributed by atoms with Gasteiger partial charge in [0.2, 0.25) is 0 Å². The van der Waals surface area contributed by atoms with Crippen molar-refractivity contribution in [2.75, 3.05) is 4.90 Å². The van der Waals surface area contributed by atoms with Gasteiger partial charge in [-0.1, -0.05) is 0 Å². The molecule has 3 N–H and O–H groups in total. The van der Waals surface area contributed by atoms with E-state index in [0.29, 0.717) is 0 Å². The molecule has 2 aromatic heterocycles. The van der Waals surface area contributed by atoms with Crippen LogP contribution in [0.25, 0.3) is 10.9 Å². The molecule has 5 nitrogen and oxygen atoms in total. The van der Waals surface area contributed by atoms with Crippen molar-refractivity contribution < 1.29 is 4.79 Å². The highest BCUT2D eigenvalue weighted by molar-refractivity contribution is 7.10. The topological polar surface area (TPSA) is 75.0 Å². The molecular formula is C14H14N4OS. The van der Waals surface area contributed by atoms with E-state index in [0.717, 1.165) is 33.0 Å². The van der Waals surface area contributed by atoms with Gasteiger partial charge in [0, 0.05) is 16.6 Å². The average Bonchev–Trinajstić information content (AvgIpc) is 2.94. The van der Waals surface area contributed by atoms with Crippen LogP contribution in [0.2, 0.25) is 0 Å². The monoisotopic (exact) mass is 286 g/mol. The summed E-state index contributed by atoms with van der Waals surface area (Å²) in [5, 5.41) is 1.77. The Hall–Kier alpha value is -2.34. The number of rotatable bonds is 2. The number of primary amides is 1. The maximum atomic E-state index is 11.8. The highest BCUT2D eigenvalue weighted by atomic mass is 32.1. The number of carbonyl (C=O) groups is 1. The molecule has 0 atom stereocenters. The third-order valence-electron chi connectivity index (χ3n) is 3.05. The molecule has 0 saturated carbocycles. The third kappa shape index (κ3) is 2.14. The number of aromatic nitrogens is 2. The Morgan fingerprint density at radius 2 is 2.10 bits per heavy atom. The molecule has 2 heterocycles. The quantitative estimate of drug-likeness (QED) is 0.757. The number of nitrogens with one attached hydrogen (secondary N) is 1. The van der Waals surface area contributed by atoms with E-state index >= 15 is 0 Å². The summed E-state index contributed by atoms with van der Waals surface area (Å²) in [6.07, 6.45) is 0. The molecule has 0 unspecified atom stereocenters. The Balaban J connectivity index is 2.11. The van der Waals surface area contributed by atoms with Crippen LogP contribution in [0.15, 0.2) is 30.3 Å². The molecule has 0 aliphatic heterocycles. The molecule has 0 fully saturated rings. The summed E-state index contributed by atoms with van der Waals surface area (Å²) in [6, 6.07) is 9.14. The van der Waals surface area contributed by atoms with Crippen LogP contribution in [0.3, 0.4) is 0 Å². The van der Waals surface area contributed by atoms with E-state index in [2.05, 4.69) is 9.36 Å². The van der Waals surface area contributed by atoms with Crippen molar-refractivity contribution in [2.45, 2.75) is 13.8 Å². The van der Waals surface area contributed by atoms with Gasteiger partial charge in [-0.15, -0.1) is 0 Å². The number of nitrogens with two attached hydrogens (primary N) is 1. The summed E-state index contributed by atoms with van der Waals surface area (Å²) in [5.74, 6) is 0. The zero-order chi connectivity index (χ0) is 14.3. The van der Waals surface area contributed by atoms with Crippen LogP contribution in [0, 0.1) is 13.8 Å². The van der Waals surface area contributed by atoms with Gasteiger partial charge in [-0.3, -0.25) is 4.90 Å². The Bertz CT molecular complexity index is 789. The van der Waals surface area contributed by atoms with Crippen LogP contribution >= 0.6 is 11.5 Å². The lowest BCUT2D eigenvalue weighted by molar-refractivity contribution is 0.256. The maximum Gasteiger partial charge on any atom is 0.324 e. The van der Waals surface area contributed by atoms with E-state index < -0.39 is 6.03 Å². The summed E-state index contributed by atoms with van der Waals surface area (Å²) in [6.45, 7) is 3.88. The van der Waals surface area contributed by atoms with E-state index in [9.17, 15) is 4.79 Å². The van der Waals surface area contributed by atoms with Gasteiger partial charge in [-0.25, -0.2) is 4.79 Å². The number of amides is 2. The van der Waals surface area contributed by atoms with Crippen molar-refractivity contribution in [3.8, 4) is 0 Å². The molecule has 2 amide bonds. The molecular weight excluding hydrogens is 272 g/mol. The molecule has 20 heavy (non-hydrogen) atoms. The SMILES string of the molecule is Cc1cc(N(C(N)=O)c2ccc3[nH]c(C)cc3c2)sn1. The largest absolute Gasteiger partial charge is 0.359 e. The fourth-order valence-electron chi connectivity index (χ4n) is 2.22. The van der Waals surface area contributed by atoms with Gasteiger partial charge in [0.1, 0.15) is 5.00 Å². The highest BCUT2D eigenvalue weighted by Crippen LogP contribution is 2.31. The van der Waals surface area contributed by atoms with Crippen LogP contribution in [0.1, 0.15) is 11.4 Å². The van der Waals surface area contributed by atoms with Gasteiger partial charge < -0.3 is 10.7 Å². The second kappa shape index (κ2) is 4.64. The summed E-state index contributed by atoms with van der Waals surface area (Å²) in [7, 11) is 0. The maximum absolute atomic E-state index is 11.8. The minimum Gasteiger partial charge on any atom is -0.359 e. The number of nitrogens with zero attached hydrogens (tertiary/aromatic N) is 2. The number of H-pyrrole nitrogens is 1. The van der Waals surface area contributed by atoms with E-state index in [-0.39, 0.29) is 0 Å². The third-order valence-corrected chi connectivity index (χ3v) is 3.92. The van der Waals surface area contributed by atoms with Crippen LogP contribution in [-0.4, -0.2) is 15.4 Å². The number of fused-ring (bicyclic) bond motifs is 1. The van der Waals surface area contributed by atoms with Crippen molar-refractivity contribution in [1.82, 2.24) is 9.36 Å². The van der Waals surface area contributed by atoms with Crippen LogP contribution in [0.4, 0.5) is 15.5 Å². The van der Waals surface area contributed by atoms with Crippen molar-refractivity contribution in [3.05, 3.63) is 41.7 Å². The molecule has 0 saturated heterocycles. The molecule has 0 bridgehead atoms. The smallest absolute Gasteiger partial charge is 0.324 e. The van der Waals surface area contributed by atoms with E-state index in [1.54, 1.807) is 0 Å². The lowest BCUT2D eigenvalue weighted by Crippen LogP contribution is -2.30. The van der Waals surface area contributed by atoms with Crippen LogP contribution in [0.5, 0.6) is 0 Å². The predicted octanol–water partition coefficient (Wildman–Crippen LogP) is 3.46. The molecule has 0 aliphatic rings. The number of benzene rings is 1. The fourth-order valence-corrected chi connectivity index (χ4v) is 3.01. The highest BCUT2D eigenvalue weighted by Gasteiger charge is 2.18. The minimum absolute atomic E-state index is 0.514. The van der Waals surface area contributed by atoms with Gasteiger partial charge in [0.25, 0.3) is 0 Å². The van der Waals surface area contributed by atoms with Crippen molar-refractivity contribution in [1.29, 1.82) is 0 Å². The first-order chi connectivity index (χ1) is 9.54. The number of aryl methyl sites for hydroxylation is 2. The van der Waals surface area contributed by atoms with Crippen LogP contribution in [-0.2, 0) is 0 Å². The number of hydrogen-bond acceptors (Lipinski definition) is 3. The van der Waals surface area contributed by atoms with Crippen molar-refractivity contribution in [2.24, 2.45) is 5.73 Å². The number of anilines is 2. The van der Waals surface area contributed by atoms with Gasteiger partial charge >= 0.3 is 6.03 Å². The van der Waals surface area contributed by atoms with E-state index in [1.807, 2.05) is 44.2 Å². The molecule has 3 rings (SSSR count). The minimum atomic E-state index is -0.514. The second-order valence-electron chi connectivity index (χ2n) is 4.70. The normalized spacial score (nSPS) is 10.9. The van der Waals surface area contributed by atoms with E-state index in [1.165, 1.54) is 16.4 Å². The second-order valence-corrected chi connectivity index (χ2v) is 5.49. The number of aromatic amines is 1. The summed E-state index contributed by atoms with van der Waals surface area (Å²) >= 11 is 1.26. The van der Waals surface area contributed by atoms with Crippen LogP contribution < -0.4 is 10.6 Å². The van der Waals surface area contributed by atoms with E-state index in [4.69, 9.17) is 5.73 Å². The number of hydrogen-bond donors (Lipinski definition) is 2. The summed E-state index contributed by atoms with van der Waals surface area (Å²) in [4.78, 5) is 16.5. The first kappa shape index (κ1) is 12.7. The zero-order valence-electron chi connectivity index (χ0n) is 11.2. The first-order valence-electron chi connectivity index (χ1n) is 6.17. The number of carbonyl (C=O) groups excluding carboxylic acids is 1. The average molecular weight is 286 g/mol. The standard InChI is InChI=1S/C14H14N4OS/c1-8-5-10-7-11(3-4-12(10)16-8)18(14(15)19)13-6-9(2)17-20-13/h3-7,16H,1-2H3,(H2,15,19). The molecule has 1 aromatic carbocycles. The van der Waals surface area contributed by atoms with Crippen molar-refractivity contribution >= 4 is 39.2 Å². The summed E-state index contributed by atoms with van der Waals surface area (Å²) in [5.41, 5.74) is 9.25. The van der Waals surface area contributed by atoms with Crippen molar-refractivity contribution in [3.63, 3.8) is 0 Å². The fraction of sp³-hybridized carbons (Fsp3) is 0.143. The predicted molar refractivity (Wildman–Crippen MR) is 81.6 cm³/mol. The lowest BCUT2D eigenvalue weighted by atomic mass is 10.2. The molecule has 0 radical (unpaired) electrons. The lowest BCUT2D eigenvalue weighted by Gasteiger charge is -2.18. The van der Waals surface area contributed by atoms with Gasteiger partial charge in [-0.2, -0.15) is 4.37 Å². The molecule has 6 heteroatoms. The molecule has 0 spiro atoms. The molecule has 3 aromatic rings. The summed E-state index contributed by atoms with van der Waals surface area (Å²) < 4.78 is 4.20. The Labute approximate surface area is 120 Å². The number of urea groups is 1. The Kier molecular flexibility index (Phi) is 2.94. The Morgan fingerprint density at radius 1 is 1.30 bits per heavy atom. The van der Waals surface area contributed by atoms with Gasteiger partial charge in [-0.05, 0) is 55.7 Å². The first-order valence-corrected chi connectivity index (χ1v) is 6.94. The Morgan fingerprint density at radius 3 is 2.75 bits per heavy atom. The molecule has 102 valence electrons. The molecule has 0 aliphatic carbocycles. The van der Waals surface area contributed by atoms with Gasteiger partial charge in [0.15, 0.2) is 0 Å². The van der Waals surface area contributed by atoms with Gasteiger partial charge in [0.05, 0.1) is 11.4 Å². The zero-order valence-corrected chi connectivity index (χ0v) is 12.0.